The van der Waals surface area contributed by atoms with E-state index in [1.807, 2.05) is 6.07 Å². The van der Waals surface area contributed by atoms with Gasteiger partial charge in [0, 0.05) is 10.5 Å². The molecule has 1 atom stereocenters. The van der Waals surface area contributed by atoms with Crippen LogP contribution in [0.2, 0.25) is 0 Å². The first-order chi connectivity index (χ1) is 7.57. The third-order valence-corrected chi connectivity index (χ3v) is 3.52. The lowest BCUT2D eigenvalue weighted by molar-refractivity contribution is 0.385. The number of halogens is 1. The quantitative estimate of drug-likeness (QED) is 0.902. The van der Waals surface area contributed by atoms with E-state index in [2.05, 4.69) is 53.3 Å². The van der Waals surface area contributed by atoms with Crippen LogP contribution in [-0.4, -0.2) is 6.04 Å². The van der Waals surface area contributed by atoms with Crippen molar-refractivity contribution in [2.75, 3.05) is 0 Å². The van der Waals surface area contributed by atoms with E-state index in [1.54, 1.807) is 0 Å². The molecule has 1 aromatic carbocycles. The average Bonchev–Trinajstić information content (AvgIpc) is 2.56. The van der Waals surface area contributed by atoms with Crippen LogP contribution in [0.4, 0.5) is 0 Å². The highest BCUT2D eigenvalue weighted by Crippen LogP contribution is 2.38. The number of rotatable bonds is 2. The molecule has 2 nitrogen and oxygen atoms in total. The third kappa shape index (κ3) is 1.88. The number of nitriles is 1. The molecule has 1 N–H and O–H groups in total. The van der Waals surface area contributed by atoms with E-state index in [4.69, 9.17) is 0 Å². The number of fused-ring (bicyclic) bond motifs is 1. The van der Waals surface area contributed by atoms with Crippen molar-refractivity contribution in [2.45, 2.75) is 38.3 Å². The smallest absolute Gasteiger partial charge is 0.133 e. The van der Waals surface area contributed by atoms with Gasteiger partial charge in [0.15, 0.2) is 0 Å². The van der Waals surface area contributed by atoms with E-state index in [0.717, 1.165) is 22.9 Å². The van der Waals surface area contributed by atoms with Crippen LogP contribution in [0.1, 0.15) is 31.4 Å². The van der Waals surface area contributed by atoms with Gasteiger partial charge in [-0.25, -0.2) is 0 Å². The summed E-state index contributed by atoms with van der Waals surface area (Å²) < 4.78 is 1.09. The largest absolute Gasteiger partial charge is 0.293 e. The molecule has 0 heterocycles. The second-order valence-corrected chi connectivity index (χ2v) is 5.53. The molecule has 0 bridgehead atoms. The van der Waals surface area contributed by atoms with Crippen molar-refractivity contribution in [3.8, 4) is 6.07 Å². The van der Waals surface area contributed by atoms with Crippen LogP contribution in [-0.2, 0) is 12.0 Å². The number of hydrogen-bond donors (Lipinski definition) is 1. The van der Waals surface area contributed by atoms with Crippen molar-refractivity contribution in [3.05, 3.63) is 33.8 Å². The predicted octanol–water partition coefficient (Wildman–Crippen LogP) is 3.11. The van der Waals surface area contributed by atoms with Gasteiger partial charge in [0.05, 0.1) is 6.07 Å². The van der Waals surface area contributed by atoms with E-state index in [0.29, 0.717) is 6.04 Å². The summed E-state index contributed by atoms with van der Waals surface area (Å²) in [5, 5.41) is 12.9. The Morgan fingerprint density at radius 1 is 1.50 bits per heavy atom. The van der Waals surface area contributed by atoms with Gasteiger partial charge in [-0.05, 0) is 49.9 Å². The molecule has 0 saturated carbocycles. The van der Waals surface area contributed by atoms with Gasteiger partial charge in [-0.1, -0.05) is 22.0 Å². The van der Waals surface area contributed by atoms with Gasteiger partial charge in [-0.3, -0.25) is 5.32 Å². The third-order valence-electron chi connectivity index (χ3n) is 3.02. The molecular formula is C13H15BrN2. The Labute approximate surface area is 105 Å². The Balaban J connectivity index is 2.44. The van der Waals surface area contributed by atoms with Gasteiger partial charge in [0.1, 0.15) is 5.54 Å². The SMILES string of the molecule is CC(C)NC1(C#N)CCc2cc(Br)ccc21. The zero-order valence-electron chi connectivity index (χ0n) is 9.55. The van der Waals surface area contributed by atoms with Crippen molar-refractivity contribution in [2.24, 2.45) is 0 Å². The molecule has 1 aliphatic carbocycles. The molecule has 0 aliphatic heterocycles. The minimum Gasteiger partial charge on any atom is -0.293 e. The Kier molecular flexibility index (Phi) is 3.05. The highest BCUT2D eigenvalue weighted by molar-refractivity contribution is 9.10. The molecule has 2 rings (SSSR count). The van der Waals surface area contributed by atoms with Crippen molar-refractivity contribution < 1.29 is 0 Å². The van der Waals surface area contributed by atoms with Crippen molar-refractivity contribution >= 4 is 15.9 Å². The standard InChI is InChI=1S/C13H15BrN2/c1-9(2)16-13(8-15)6-5-10-7-11(14)3-4-12(10)13/h3-4,7,9,16H,5-6H2,1-2H3. The van der Waals surface area contributed by atoms with E-state index in [9.17, 15) is 5.26 Å². The summed E-state index contributed by atoms with van der Waals surface area (Å²) in [7, 11) is 0. The number of nitrogens with one attached hydrogen (secondary N) is 1. The Bertz CT molecular complexity index is 448. The normalized spacial score (nSPS) is 23.2. The summed E-state index contributed by atoms with van der Waals surface area (Å²) >= 11 is 3.47. The molecule has 84 valence electrons. The maximum atomic E-state index is 9.46. The number of hydrogen-bond acceptors (Lipinski definition) is 2. The molecular weight excluding hydrogens is 264 g/mol. The topological polar surface area (TPSA) is 35.8 Å². The Morgan fingerprint density at radius 2 is 2.25 bits per heavy atom. The zero-order valence-corrected chi connectivity index (χ0v) is 11.1. The summed E-state index contributed by atoms with van der Waals surface area (Å²) in [5.74, 6) is 0. The summed E-state index contributed by atoms with van der Waals surface area (Å²) in [5.41, 5.74) is 1.94. The summed E-state index contributed by atoms with van der Waals surface area (Å²) in [6.07, 6.45) is 1.84. The van der Waals surface area contributed by atoms with Crippen LogP contribution in [0, 0.1) is 11.3 Å². The molecule has 0 radical (unpaired) electrons. The summed E-state index contributed by atoms with van der Waals surface area (Å²) in [6.45, 7) is 4.16. The maximum absolute atomic E-state index is 9.46. The average molecular weight is 279 g/mol. The fourth-order valence-corrected chi connectivity index (χ4v) is 2.84. The van der Waals surface area contributed by atoms with Crippen molar-refractivity contribution in [1.29, 1.82) is 5.26 Å². The van der Waals surface area contributed by atoms with Gasteiger partial charge < -0.3 is 0 Å². The highest BCUT2D eigenvalue weighted by atomic mass is 79.9. The molecule has 3 heteroatoms. The predicted molar refractivity (Wildman–Crippen MR) is 68.0 cm³/mol. The monoisotopic (exact) mass is 278 g/mol. The first-order valence-corrected chi connectivity index (χ1v) is 6.34. The van der Waals surface area contributed by atoms with Crippen molar-refractivity contribution in [3.63, 3.8) is 0 Å². The lowest BCUT2D eigenvalue weighted by Gasteiger charge is -2.26. The maximum Gasteiger partial charge on any atom is 0.133 e. The van der Waals surface area contributed by atoms with E-state index < -0.39 is 5.54 Å². The first kappa shape index (κ1) is 11.6. The molecule has 16 heavy (non-hydrogen) atoms. The lowest BCUT2D eigenvalue weighted by atomic mass is 9.92. The second-order valence-electron chi connectivity index (χ2n) is 4.62. The van der Waals surface area contributed by atoms with Crippen LogP contribution in [0.3, 0.4) is 0 Å². The highest BCUT2D eigenvalue weighted by Gasteiger charge is 2.39. The summed E-state index contributed by atoms with van der Waals surface area (Å²) in [6, 6.07) is 8.97. The fraction of sp³-hybridized carbons (Fsp3) is 0.462. The van der Waals surface area contributed by atoms with Gasteiger partial charge in [-0.2, -0.15) is 5.26 Å². The number of nitrogens with zero attached hydrogens (tertiary/aromatic N) is 1. The van der Waals surface area contributed by atoms with E-state index in [1.165, 1.54) is 5.56 Å². The molecule has 0 amide bonds. The Morgan fingerprint density at radius 3 is 2.88 bits per heavy atom. The minimum absolute atomic E-state index is 0.314. The molecule has 0 aromatic heterocycles. The number of aryl methyl sites for hydroxylation is 1. The molecule has 1 aliphatic rings. The van der Waals surface area contributed by atoms with Gasteiger partial charge in [-0.15, -0.1) is 0 Å². The molecule has 0 saturated heterocycles. The van der Waals surface area contributed by atoms with Gasteiger partial charge in [0.25, 0.3) is 0 Å². The molecule has 1 unspecified atom stereocenters. The van der Waals surface area contributed by atoms with Crippen LogP contribution in [0.25, 0.3) is 0 Å². The molecule has 1 aromatic rings. The van der Waals surface area contributed by atoms with Crippen LogP contribution in [0.5, 0.6) is 0 Å². The fourth-order valence-electron chi connectivity index (χ4n) is 2.43. The summed E-state index contributed by atoms with van der Waals surface area (Å²) in [4.78, 5) is 0. The lowest BCUT2D eigenvalue weighted by Crippen LogP contribution is -2.43. The minimum atomic E-state index is -0.482. The number of benzene rings is 1. The van der Waals surface area contributed by atoms with Crippen LogP contribution in [0.15, 0.2) is 22.7 Å². The van der Waals surface area contributed by atoms with Gasteiger partial charge >= 0.3 is 0 Å². The van der Waals surface area contributed by atoms with Gasteiger partial charge in [0.2, 0.25) is 0 Å². The second kappa shape index (κ2) is 4.20. The molecule has 0 spiro atoms. The van der Waals surface area contributed by atoms with E-state index >= 15 is 0 Å². The van der Waals surface area contributed by atoms with Crippen LogP contribution >= 0.6 is 15.9 Å². The van der Waals surface area contributed by atoms with Crippen molar-refractivity contribution in [1.82, 2.24) is 5.32 Å². The molecule has 0 fully saturated rings. The zero-order chi connectivity index (χ0) is 11.8. The van der Waals surface area contributed by atoms with Crippen LogP contribution < -0.4 is 5.32 Å². The Hall–Kier alpha value is -0.850. The first-order valence-electron chi connectivity index (χ1n) is 5.55. The van der Waals surface area contributed by atoms with E-state index in [-0.39, 0.29) is 0 Å².